The quantitative estimate of drug-likeness (QED) is 0.486. The van der Waals surface area contributed by atoms with Crippen molar-refractivity contribution in [3.63, 3.8) is 0 Å². The second-order valence-corrected chi connectivity index (χ2v) is 6.01. The molecule has 1 saturated carbocycles. The molecule has 1 unspecified atom stereocenters. The SMILES string of the molecule is CCc1ccsc1C(NN)C1CCCCCC1. The van der Waals surface area contributed by atoms with Crippen molar-refractivity contribution in [2.75, 3.05) is 0 Å². The highest BCUT2D eigenvalue weighted by Crippen LogP contribution is 2.36. The largest absolute Gasteiger partial charge is 0.271 e. The third kappa shape index (κ3) is 3.09. The minimum atomic E-state index is 0.378. The molecule has 1 aliphatic carbocycles. The first kappa shape index (κ1) is 13.1. The summed E-state index contributed by atoms with van der Waals surface area (Å²) in [6.07, 6.45) is 9.32. The van der Waals surface area contributed by atoms with Gasteiger partial charge in [-0.05, 0) is 42.2 Å². The summed E-state index contributed by atoms with van der Waals surface area (Å²) in [6.45, 7) is 2.23. The zero-order valence-corrected chi connectivity index (χ0v) is 11.6. The third-order valence-electron chi connectivity index (χ3n) is 3.99. The van der Waals surface area contributed by atoms with Gasteiger partial charge in [-0.3, -0.25) is 11.3 Å². The van der Waals surface area contributed by atoms with E-state index in [0.29, 0.717) is 6.04 Å². The molecule has 1 heterocycles. The van der Waals surface area contributed by atoms with Crippen molar-refractivity contribution in [1.82, 2.24) is 5.43 Å². The first-order chi connectivity index (χ1) is 8.36. The van der Waals surface area contributed by atoms with Gasteiger partial charge in [-0.15, -0.1) is 11.3 Å². The number of hydrogen-bond donors (Lipinski definition) is 2. The van der Waals surface area contributed by atoms with Gasteiger partial charge < -0.3 is 0 Å². The van der Waals surface area contributed by atoms with Crippen LogP contribution in [0.1, 0.15) is 61.9 Å². The van der Waals surface area contributed by atoms with E-state index in [1.54, 1.807) is 0 Å². The van der Waals surface area contributed by atoms with Crippen LogP contribution in [0.2, 0.25) is 0 Å². The summed E-state index contributed by atoms with van der Waals surface area (Å²) in [4.78, 5) is 1.47. The Morgan fingerprint density at radius 3 is 2.65 bits per heavy atom. The predicted molar refractivity (Wildman–Crippen MR) is 75.0 cm³/mol. The average molecular weight is 252 g/mol. The minimum absolute atomic E-state index is 0.378. The van der Waals surface area contributed by atoms with Crippen LogP contribution in [0.5, 0.6) is 0 Å². The van der Waals surface area contributed by atoms with Gasteiger partial charge in [-0.25, -0.2) is 0 Å². The summed E-state index contributed by atoms with van der Waals surface area (Å²) in [5.74, 6) is 6.55. The van der Waals surface area contributed by atoms with Gasteiger partial charge in [0, 0.05) is 4.88 Å². The number of hydrogen-bond acceptors (Lipinski definition) is 3. The summed E-state index contributed by atoms with van der Waals surface area (Å²) in [5, 5.41) is 2.20. The van der Waals surface area contributed by atoms with Crippen molar-refractivity contribution >= 4 is 11.3 Å². The lowest BCUT2D eigenvalue weighted by Crippen LogP contribution is -2.33. The Morgan fingerprint density at radius 2 is 2.06 bits per heavy atom. The molecule has 0 spiro atoms. The number of thiophene rings is 1. The van der Waals surface area contributed by atoms with Gasteiger partial charge in [0.05, 0.1) is 6.04 Å². The van der Waals surface area contributed by atoms with Crippen LogP contribution in [0, 0.1) is 5.92 Å². The van der Waals surface area contributed by atoms with E-state index in [0.717, 1.165) is 12.3 Å². The van der Waals surface area contributed by atoms with E-state index in [1.807, 2.05) is 11.3 Å². The smallest absolute Gasteiger partial charge is 0.0584 e. The Hall–Kier alpha value is -0.380. The molecular weight excluding hydrogens is 228 g/mol. The average Bonchev–Trinajstić information content (AvgIpc) is 2.65. The normalized spacial score (nSPS) is 20.1. The van der Waals surface area contributed by atoms with Crippen LogP contribution in [0.4, 0.5) is 0 Å². The lowest BCUT2D eigenvalue weighted by Gasteiger charge is -2.25. The zero-order chi connectivity index (χ0) is 12.1. The van der Waals surface area contributed by atoms with Crippen molar-refractivity contribution in [2.24, 2.45) is 11.8 Å². The molecule has 2 nitrogen and oxygen atoms in total. The molecule has 1 aromatic heterocycles. The first-order valence-electron chi connectivity index (χ1n) is 6.89. The molecule has 96 valence electrons. The second kappa shape index (κ2) is 6.53. The molecule has 3 heteroatoms. The van der Waals surface area contributed by atoms with Crippen molar-refractivity contribution in [3.8, 4) is 0 Å². The fraction of sp³-hybridized carbons (Fsp3) is 0.714. The van der Waals surface area contributed by atoms with Gasteiger partial charge in [0.1, 0.15) is 0 Å². The van der Waals surface area contributed by atoms with Crippen molar-refractivity contribution < 1.29 is 0 Å². The number of hydrazine groups is 1. The van der Waals surface area contributed by atoms with Crippen LogP contribution >= 0.6 is 11.3 Å². The molecule has 0 amide bonds. The Morgan fingerprint density at radius 1 is 1.35 bits per heavy atom. The van der Waals surface area contributed by atoms with Crippen molar-refractivity contribution in [3.05, 3.63) is 21.9 Å². The number of nitrogens with two attached hydrogens (primary N) is 1. The van der Waals surface area contributed by atoms with E-state index in [4.69, 9.17) is 5.84 Å². The molecule has 1 atom stereocenters. The maximum atomic E-state index is 5.83. The van der Waals surface area contributed by atoms with Gasteiger partial charge in [0.2, 0.25) is 0 Å². The summed E-state index contributed by atoms with van der Waals surface area (Å²) >= 11 is 1.86. The molecule has 0 saturated heterocycles. The summed E-state index contributed by atoms with van der Waals surface area (Å²) in [6, 6.07) is 2.63. The molecule has 3 N–H and O–H groups in total. The monoisotopic (exact) mass is 252 g/mol. The number of nitrogens with one attached hydrogen (secondary N) is 1. The molecule has 2 rings (SSSR count). The van der Waals surface area contributed by atoms with Gasteiger partial charge in [0.25, 0.3) is 0 Å². The lowest BCUT2D eigenvalue weighted by molar-refractivity contribution is 0.332. The molecule has 0 aromatic carbocycles. The zero-order valence-electron chi connectivity index (χ0n) is 10.7. The van der Waals surface area contributed by atoms with Gasteiger partial charge in [-0.2, -0.15) is 0 Å². The van der Waals surface area contributed by atoms with Gasteiger partial charge >= 0.3 is 0 Å². The molecule has 0 bridgehead atoms. The van der Waals surface area contributed by atoms with E-state index >= 15 is 0 Å². The van der Waals surface area contributed by atoms with Crippen molar-refractivity contribution in [1.29, 1.82) is 0 Å². The fourth-order valence-electron chi connectivity index (χ4n) is 2.98. The first-order valence-corrected chi connectivity index (χ1v) is 7.77. The molecule has 0 radical (unpaired) electrons. The predicted octanol–water partition coefficient (Wildman–Crippen LogP) is 3.79. The van der Waals surface area contributed by atoms with E-state index in [9.17, 15) is 0 Å². The fourth-order valence-corrected chi connectivity index (χ4v) is 4.13. The van der Waals surface area contributed by atoms with Crippen LogP contribution in [-0.2, 0) is 6.42 Å². The van der Waals surface area contributed by atoms with Crippen LogP contribution < -0.4 is 11.3 Å². The topological polar surface area (TPSA) is 38.0 Å². The lowest BCUT2D eigenvalue weighted by atomic mass is 9.89. The Labute approximate surface area is 109 Å². The van der Waals surface area contributed by atoms with Crippen LogP contribution in [0.25, 0.3) is 0 Å². The van der Waals surface area contributed by atoms with E-state index in [1.165, 1.54) is 49.0 Å². The van der Waals surface area contributed by atoms with Gasteiger partial charge in [-0.1, -0.05) is 32.6 Å². The Kier molecular flexibility index (Phi) is 5.01. The Bertz CT molecular complexity index is 327. The molecular formula is C14H24N2S. The van der Waals surface area contributed by atoms with Crippen molar-refractivity contribution in [2.45, 2.75) is 57.9 Å². The standard InChI is InChI=1S/C14H24N2S/c1-2-11-9-10-17-14(11)13(16-15)12-7-5-3-4-6-8-12/h9-10,12-13,16H,2-8,15H2,1H3. The van der Waals surface area contributed by atoms with E-state index in [2.05, 4.69) is 23.8 Å². The van der Waals surface area contributed by atoms with Gasteiger partial charge in [0.15, 0.2) is 0 Å². The highest BCUT2D eigenvalue weighted by Gasteiger charge is 2.25. The molecule has 17 heavy (non-hydrogen) atoms. The number of aryl methyl sites for hydroxylation is 1. The summed E-state index contributed by atoms with van der Waals surface area (Å²) in [5.41, 5.74) is 4.56. The maximum Gasteiger partial charge on any atom is 0.0584 e. The van der Waals surface area contributed by atoms with Crippen LogP contribution in [0.15, 0.2) is 11.4 Å². The van der Waals surface area contributed by atoms with E-state index in [-0.39, 0.29) is 0 Å². The maximum absolute atomic E-state index is 5.83. The Balaban J connectivity index is 2.14. The third-order valence-corrected chi connectivity index (χ3v) is 5.04. The molecule has 1 fully saturated rings. The van der Waals surface area contributed by atoms with Crippen LogP contribution in [0.3, 0.4) is 0 Å². The number of rotatable bonds is 4. The highest BCUT2D eigenvalue weighted by molar-refractivity contribution is 7.10. The second-order valence-electron chi connectivity index (χ2n) is 5.06. The molecule has 1 aliphatic rings. The minimum Gasteiger partial charge on any atom is -0.271 e. The summed E-state index contributed by atoms with van der Waals surface area (Å²) in [7, 11) is 0. The van der Waals surface area contributed by atoms with Crippen LogP contribution in [-0.4, -0.2) is 0 Å². The summed E-state index contributed by atoms with van der Waals surface area (Å²) < 4.78 is 0. The molecule has 1 aromatic rings. The molecule has 0 aliphatic heterocycles. The van der Waals surface area contributed by atoms with E-state index < -0.39 is 0 Å². The highest BCUT2D eigenvalue weighted by atomic mass is 32.1.